The molecular weight excluding hydrogens is 210 g/mol. The van der Waals surface area contributed by atoms with Crippen LogP contribution in [-0.4, -0.2) is 18.1 Å². The Bertz CT molecular complexity index is 364. The fourth-order valence-electron chi connectivity index (χ4n) is 1.69. The Morgan fingerprint density at radius 3 is 2.71 bits per heavy atom. The summed E-state index contributed by atoms with van der Waals surface area (Å²) in [6.07, 6.45) is 9.19. The third kappa shape index (κ3) is 3.76. The molecule has 1 unspecified atom stereocenters. The number of hydrogen-bond donors (Lipinski definition) is 1. The van der Waals surface area contributed by atoms with E-state index in [1.807, 2.05) is 18.3 Å². The third-order valence-electron chi connectivity index (χ3n) is 2.73. The molecule has 3 nitrogen and oxygen atoms in total. The molecule has 0 aromatic carbocycles. The minimum absolute atomic E-state index is 0.0244. The van der Waals surface area contributed by atoms with Gasteiger partial charge >= 0.3 is 0 Å². The molecule has 0 fully saturated rings. The molecule has 0 aliphatic rings. The van der Waals surface area contributed by atoms with E-state index in [-0.39, 0.29) is 6.04 Å². The summed E-state index contributed by atoms with van der Waals surface area (Å²) in [7, 11) is 0. The van der Waals surface area contributed by atoms with Gasteiger partial charge in [-0.3, -0.25) is 4.98 Å². The van der Waals surface area contributed by atoms with Crippen molar-refractivity contribution in [2.45, 2.75) is 32.7 Å². The third-order valence-corrected chi connectivity index (χ3v) is 2.73. The van der Waals surface area contributed by atoms with E-state index in [4.69, 9.17) is 12.2 Å². The molecule has 17 heavy (non-hydrogen) atoms. The van der Waals surface area contributed by atoms with Gasteiger partial charge in [-0.2, -0.15) is 0 Å². The van der Waals surface area contributed by atoms with Gasteiger partial charge in [0.05, 0.1) is 24.1 Å². The first-order valence-corrected chi connectivity index (χ1v) is 6.12. The van der Waals surface area contributed by atoms with Crippen molar-refractivity contribution in [2.24, 2.45) is 5.73 Å². The van der Waals surface area contributed by atoms with Gasteiger partial charge in [0, 0.05) is 12.6 Å². The second-order valence-corrected chi connectivity index (χ2v) is 4.08. The number of nitrogens with zero attached hydrogens (tertiary/aromatic N) is 2. The lowest BCUT2D eigenvalue weighted by Crippen LogP contribution is -2.24. The van der Waals surface area contributed by atoms with Crippen LogP contribution in [-0.2, 0) is 0 Å². The number of nitrogens with two attached hydrogens (primary N) is 1. The number of pyridine rings is 1. The standard InChI is InChI=1S/C14H21N3/c1-4-9-17(10-5-2)12-7-8-14(16-11-12)13(15)6-3/h1,7-8,11,13H,5-6,9-10,15H2,2-3H3. The lowest BCUT2D eigenvalue weighted by Gasteiger charge is -2.21. The van der Waals surface area contributed by atoms with Crippen LogP contribution in [0.2, 0.25) is 0 Å². The molecule has 0 saturated heterocycles. The summed E-state index contributed by atoms with van der Waals surface area (Å²) in [5.74, 6) is 2.67. The van der Waals surface area contributed by atoms with Gasteiger partial charge in [0.25, 0.3) is 0 Å². The molecule has 2 N–H and O–H groups in total. The molecular formula is C14H21N3. The largest absolute Gasteiger partial charge is 0.359 e. The van der Waals surface area contributed by atoms with Gasteiger partial charge in [0.2, 0.25) is 0 Å². The Morgan fingerprint density at radius 1 is 1.47 bits per heavy atom. The molecule has 0 aliphatic heterocycles. The van der Waals surface area contributed by atoms with Crippen LogP contribution in [0.15, 0.2) is 18.3 Å². The summed E-state index contributed by atoms with van der Waals surface area (Å²) in [4.78, 5) is 6.55. The maximum atomic E-state index is 5.93. The summed E-state index contributed by atoms with van der Waals surface area (Å²) in [6.45, 7) is 5.76. The Morgan fingerprint density at radius 2 is 2.24 bits per heavy atom. The maximum Gasteiger partial charge on any atom is 0.0792 e. The van der Waals surface area contributed by atoms with E-state index in [1.54, 1.807) is 0 Å². The molecule has 0 bridgehead atoms. The average molecular weight is 231 g/mol. The zero-order valence-electron chi connectivity index (χ0n) is 10.7. The van der Waals surface area contributed by atoms with Gasteiger partial charge in [0.1, 0.15) is 0 Å². The summed E-state index contributed by atoms with van der Waals surface area (Å²) in [6, 6.07) is 4.06. The normalized spacial score (nSPS) is 11.9. The van der Waals surface area contributed by atoms with Gasteiger partial charge < -0.3 is 10.6 Å². The number of rotatable bonds is 6. The predicted molar refractivity (Wildman–Crippen MR) is 72.8 cm³/mol. The van der Waals surface area contributed by atoms with Crippen LogP contribution in [0.1, 0.15) is 38.4 Å². The number of aromatic nitrogens is 1. The Labute approximate surface area is 104 Å². The lowest BCUT2D eigenvalue weighted by molar-refractivity contribution is 0.675. The lowest BCUT2D eigenvalue weighted by atomic mass is 10.1. The molecule has 1 atom stereocenters. The van der Waals surface area contributed by atoms with E-state index < -0.39 is 0 Å². The first-order chi connectivity index (χ1) is 8.22. The first kappa shape index (κ1) is 13.5. The van der Waals surface area contributed by atoms with Gasteiger partial charge in [-0.15, -0.1) is 6.42 Å². The molecule has 1 aromatic rings. The van der Waals surface area contributed by atoms with E-state index in [1.165, 1.54) is 0 Å². The summed E-state index contributed by atoms with van der Waals surface area (Å²) >= 11 is 0. The van der Waals surface area contributed by atoms with Gasteiger partial charge in [-0.25, -0.2) is 0 Å². The smallest absolute Gasteiger partial charge is 0.0792 e. The van der Waals surface area contributed by atoms with Crippen molar-refractivity contribution in [1.82, 2.24) is 4.98 Å². The number of anilines is 1. The summed E-state index contributed by atoms with van der Waals surface area (Å²) in [5, 5.41) is 0. The second kappa shape index (κ2) is 6.93. The molecule has 1 rings (SSSR count). The highest BCUT2D eigenvalue weighted by Gasteiger charge is 2.07. The predicted octanol–water partition coefficient (Wildman–Crippen LogP) is 2.34. The van der Waals surface area contributed by atoms with Crippen molar-refractivity contribution < 1.29 is 0 Å². The van der Waals surface area contributed by atoms with Gasteiger partial charge in [-0.1, -0.05) is 19.8 Å². The fraction of sp³-hybridized carbons (Fsp3) is 0.500. The molecule has 3 heteroatoms. The van der Waals surface area contributed by atoms with Gasteiger partial charge in [-0.05, 0) is 25.0 Å². The van der Waals surface area contributed by atoms with Crippen molar-refractivity contribution in [3.63, 3.8) is 0 Å². The summed E-state index contributed by atoms with van der Waals surface area (Å²) < 4.78 is 0. The molecule has 0 amide bonds. The van der Waals surface area contributed by atoms with Crippen LogP contribution in [0.25, 0.3) is 0 Å². The van der Waals surface area contributed by atoms with Crippen LogP contribution >= 0.6 is 0 Å². The van der Waals surface area contributed by atoms with Gasteiger partial charge in [0.15, 0.2) is 0 Å². The Kier molecular flexibility index (Phi) is 5.51. The molecule has 0 spiro atoms. The molecule has 1 aromatic heterocycles. The van der Waals surface area contributed by atoms with Crippen LogP contribution in [0.4, 0.5) is 5.69 Å². The molecule has 0 aliphatic carbocycles. The minimum Gasteiger partial charge on any atom is -0.359 e. The molecule has 92 valence electrons. The SMILES string of the molecule is C#CCN(CCC)c1ccc(C(N)CC)nc1. The monoisotopic (exact) mass is 231 g/mol. The van der Waals surface area contributed by atoms with E-state index in [2.05, 4.69) is 29.7 Å². The second-order valence-electron chi connectivity index (χ2n) is 4.08. The number of hydrogen-bond acceptors (Lipinski definition) is 3. The summed E-state index contributed by atoms with van der Waals surface area (Å²) in [5.41, 5.74) is 7.93. The van der Waals surface area contributed by atoms with E-state index in [9.17, 15) is 0 Å². The van der Waals surface area contributed by atoms with Crippen molar-refractivity contribution in [1.29, 1.82) is 0 Å². The molecule has 0 radical (unpaired) electrons. The van der Waals surface area contributed by atoms with E-state index in [0.717, 1.165) is 30.8 Å². The highest BCUT2D eigenvalue weighted by molar-refractivity contribution is 5.46. The quantitative estimate of drug-likeness (QED) is 0.764. The van der Waals surface area contributed by atoms with Crippen LogP contribution in [0.5, 0.6) is 0 Å². The highest BCUT2D eigenvalue weighted by Crippen LogP contribution is 2.17. The zero-order valence-corrected chi connectivity index (χ0v) is 10.7. The Balaban J connectivity index is 2.80. The van der Waals surface area contributed by atoms with E-state index in [0.29, 0.717) is 6.54 Å². The highest BCUT2D eigenvalue weighted by atomic mass is 15.1. The van der Waals surface area contributed by atoms with E-state index >= 15 is 0 Å². The van der Waals surface area contributed by atoms with Crippen LogP contribution in [0, 0.1) is 12.3 Å². The first-order valence-electron chi connectivity index (χ1n) is 6.12. The maximum absolute atomic E-state index is 5.93. The van der Waals surface area contributed by atoms with Crippen molar-refractivity contribution >= 4 is 5.69 Å². The topological polar surface area (TPSA) is 42.1 Å². The molecule has 1 heterocycles. The van der Waals surface area contributed by atoms with Crippen LogP contribution < -0.4 is 10.6 Å². The fourth-order valence-corrected chi connectivity index (χ4v) is 1.69. The van der Waals surface area contributed by atoms with Crippen molar-refractivity contribution in [2.75, 3.05) is 18.0 Å². The average Bonchev–Trinajstić information content (AvgIpc) is 2.38. The zero-order chi connectivity index (χ0) is 12.7. The van der Waals surface area contributed by atoms with Crippen molar-refractivity contribution in [3.05, 3.63) is 24.0 Å². The Hall–Kier alpha value is -1.53. The number of terminal acetylenes is 1. The van der Waals surface area contributed by atoms with Crippen molar-refractivity contribution in [3.8, 4) is 12.3 Å². The minimum atomic E-state index is 0.0244. The van der Waals surface area contributed by atoms with Crippen LogP contribution in [0.3, 0.4) is 0 Å². The molecule has 0 saturated carbocycles.